The zero-order valence-corrected chi connectivity index (χ0v) is 8.65. The van der Waals surface area contributed by atoms with E-state index < -0.39 is 17.4 Å². The fourth-order valence-corrected chi connectivity index (χ4v) is 1.43. The minimum atomic E-state index is -0.763. The minimum Gasteiger partial charge on any atom is -0.398 e. The third-order valence-corrected chi connectivity index (χ3v) is 2.28. The highest BCUT2D eigenvalue weighted by Crippen LogP contribution is 2.19. The van der Waals surface area contributed by atoms with Gasteiger partial charge in [-0.05, 0) is 24.3 Å². The topological polar surface area (TPSA) is 56.0 Å². The van der Waals surface area contributed by atoms with Gasteiger partial charge in [-0.2, -0.15) is 0 Å². The summed E-state index contributed by atoms with van der Waals surface area (Å²) in [5.41, 5.74) is 5.41. The van der Waals surface area contributed by atoms with Gasteiger partial charge in [0.2, 0.25) is 0 Å². The normalized spacial score (nSPS) is 10.2. The number of carbonyl (C=O) groups excluding carboxylic acids is 1. The molecule has 2 aromatic rings. The van der Waals surface area contributed by atoms with Crippen molar-refractivity contribution in [2.24, 2.45) is 0 Å². The molecule has 0 unspecified atom stereocenters. The van der Waals surface area contributed by atoms with Crippen LogP contribution < -0.4 is 5.73 Å². The molecular weight excluding hydrogens is 226 g/mol. The zero-order valence-electron chi connectivity index (χ0n) is 8.65. The smallest absolute Gasteiger partial charge is 0.198 e. The molecule has 0 spiro atoms. The lowest BCUT2D eigenvalue weighted by Crippen LogP contribution is -2.08. The van der Waals surface area contributed by atoms with E-state index in [-0.39, 0.29) is 16.8 Å². The molecule has 1 aromatic heterocycles. The van der Waals surface area contributed by atoms with Crippen LogP contribution in [-0.2, 0) is 0 Å². The molecule has 0 atom stereocenters. The molecule has 0 amide bonds. The van der Waals surface area contributed by atoms with Crippen LogP contribution in [0.2, 0.25) is 0 Å². The van der Waals surface area contributed by atoms with E-state index in [4.69, 9.17) is 5.73 Å². The van der Waals surface area contributed by atoms with Crippen LogP contribution in [0, 0.1) is 11.6 Å². The second-order valence-corrected chi connectivity index (χ2v) is 3.42. The van der Waals surface area contributed by atoms with Crippen molar-refractivity contribution < 1.29 is 13.6 Å². The first-order valence-corrected chi connectivity index (χ1v) is 4.79. The first kappa shape index (κ1) is 11.2. The number of pyridine rings is 1. The van der Waals surface area contributed by atoms with Gasteiger partial charge < -0.3 is 5.73 Å². The second-order valence-electron chi connectivity index (χ2n) is 3.42. The molecule has 0 fully saturated rings. The number of hydrogen-bond donors (Lipinski definition) is 1. The molecule has 2 rings (SSSR count). The van der Waals surface area contributed by atoms with Crippen molar-refractivity contribution in [3.8, 4) is 0 Å². The van der Waals surface area contributed by atoms with Gasteiger partial charge in [-0.15, -0.1) is 0 Å². The average molecular weight is 234 g/mol. The van der Waals surface area contributed by atoms with Crippen molar-refractivity contribution in [3.05, 3.63) is 59.4 Å². The number of ketones is 1. The fraction of sp³-hybridized carbons (Fsp3) is 0. The highest BCUT2D eigenvalue weighted by Gasteiger charge is 2.16. The molecule has 0 saturated heterocycles. The minimum absolute atomic E-state index is 0.0601. The molecule has 5 heteroatoms. The van der Waals surface area contributed by atoms with E-state index in [1.807, 2.05) is 0 Å². The van der Waals surface area contributed by atoms with Gasteiger partial charge in [0, 0.05) is 17.4 Å². The Balaban J connectivity index is 2.51. The van der Waals surface area contributed by atoms with E-state index in [2.05, 4.69) is 4.98 Å². The van der Waals surface area contributed by atoms with Gasteiger partial charge in [0.1, 0.15) is 5.82 Å². The van der Waals surface area contributed by atoms with Crippen molar-refractivity contribution in [2.75, 3.05) is 5.73 Å². The monoisotopic (exact) mass is 234 g/mol. The Bertz CT molecular complexity index is 584. The van der Waals surface area contributed by atoms with Crippen LogP contribution in [0.4, 0.5) is 14.5 Å². The molecule has 0 aliphatic carbocycles. The maximum atomic E-state index is 13.3. The highest BCUT2D eigenvalue weighted by molar-refractivity contribution is 6.12. The van der Waals surface area contributed by atoms with Crippen molar-refractivity contribution >= 4 is 11.5 Å². The third-order valence-electron chi connectivity index (χ3n) is 2.28. The van der Waals surface area contributed by atoms with Crippen LogP contribution in [-0.4, -0.2) is 10.8 Å². The average Bonchev–Trinajstić information content (AvgIpc) is 2.32. The maximum absolute atomic E-state index is 13.3. The summed E-state index contributed by atoms with van der Waals surface area (Å²) in [6, 6.07) is 4.61. The lowest BCUT2D eigenvalue weighted by Gasteiger charge is -2.05. The van der Waals surface area contributed by atoms with E-state index in [0.29, 0.717) is 0 Å². The van der Waals surface area contributed by atoms with Crippen LogP contribution in [0.3, 0.4) is 0 Å². The van der Waals surface area contributed by atoms with Crippen molar-refractivity contribution in [3.63, 3.8) is 0 Å². The number of hydrogen-bond acceptors (Lipinski definition) is 3. The summed E-state index contributed by atoms with van der Waals surface area (Å²) in [4.78, 5) is 15.5. The van der Waals surface area contributed by atoms with E-state index in [0.717, 1.165) is 18.3 Å². The molecular formula is C12H8F2N2O. The first-order valence-electron chi connectivity index (χ1n) is 4.79. The van der Waals surface area contributed by atoms with E-state index >= 15 is 0 Å². The van der Waals surface area contributed by atoms with Crippen LogP contribution >= 0.6 is 0 Å². The number of nitrogens with zero attached hydrogens (tertiary/aromatic N) is 1. The summed E-state index contributed by atoms with van der Waals surface area (Å²) < 4.78 is 26.3. The molecule has 86 valence electrons. The lowest BCUT2D eigenvalue weighted by atomic mass is 10.0. The molecule has 17 heavy (non-hydrogen) atoms. The molecule has 0 aliphatic heterocycles. The molecule has 0 aliphatic rings. The third kappa shape index (κ3) is 2.13. The molecule has 0 saturated carbocycles. The number of rotatable bonds is 2. The van der Waals surface area contributed by atoms with Gasteiger partial charge in [-0.25, -0.2) is 8.78 Å². The fourth-order valence-electron chi connectivity index (χ4n) is 1.43. The second kappa shape index (κ2) is 4.29. The van der Waals surface area contributed by atoms with Gasteiger partial charge in [-0.1, -0.05) is 0 Å². The quantitative estimate of drug-likeness (QED) is 0.640. The highest BCUT2D eigenvalue weighted by atomic mass is 19.1. The maximum Gasteiger partial charge on any atom is 0.198 e. The number of carbonyl (C=O) groups is 1. The summed E-state index contributed by atoms with van der Waals surface area (Å²) in [5, 5.41) is 0. The summed E-state index contributed by atoms with van der Waals surface area (Å²) in [7, 11) is 0. The largest absolute Gasteiger partial charge is 0.398 e. The molecule has 2 N–H and O–H groups in total. The molecule has 1 heterocycles. The van der Waals surface area contributed by atoms with Crippen LogP contribution in [0.25, 0.3) is 0 Å². The Hall–Kier alpha value is -2.30. The number of anilines is 1. The first-order chi connectivity index (χ1) is 8.09. The Morgan fingerprint density at radius 3 is 2.65 bits per heavy atom. The molecule has 0 radical (unpaired) electrons. The van der Waals surface area contributed by atoms with E-state index in [1.54, 1.807) is 0 Å². The standard InChI is InChI=1S/C12H8F2N2O/c13-7-1-2-11(15)9(5-7)12(17)8-3-4-16-6-10(8)14/h1-6H,15H2. The summed E-state index contributed by atoms with van der Waals surface area (Å²) >= 11 is 0. The zero-order chi connectivity index (χ0) is 12.4. The van der Waals surface area contributed by atoms with Crippen LogP contribution in [0.15, 0.2) is 36.7 Å². The predicted octanol–water partition coefficient (Wildman–Crippen LogP) is 2.17. The van der Waals surface area contributed by atoms with Crippen molar-refractivity contribution in [1.82, 2.24) is 4.98 Å². The van der Waals surface area contributed by atoms with Crippen LogP contribution in [0.5, 0.6) is 0 Å². The van der Waals surface area contributed by atoms with Crippen molar-refractivity contribution in [1.29, 1.82) is 0 Å². The van der Waals surface area contributed by atoms with Crippen molar-refractivity contribution in [2.45, 2.75) is 0 Å². The summed E-state index contributed by atoms with van der Waals surface area (Å²) in [5.74, 6) is -2.03. The Labute approximate surface area is 95.9 Å². The van der Waals surface area contributed by atoms with E-state index in [1.165, 1.54) is 18.3 Å². The number of nitrogens with two attached hydrogens (primary N) is 1. The number of aromatic nitrogens is 1. The number of nitrogen functional groups attached to an aromatic ring is 1. The van der Waals surface area contributed by atoms with E-state index in [9.17, 15) is 13.6 Å². The lowest BCUT2D eigenvalue weighted by molar-refractivity contribution is 0.103. The Morgan fingerprint density at radius 2 is 1.94 bits per heavy atom. The number of halogens is 2. The van der Waals surface area contributed by atoms with Gasteiger partial charge in [0.15, 0.2) is 11.6 Å². The molecule has 3 nitrogen and oxygen atoms in total. The van der Waals surface area contributed by atoms with Gasteiger partial charge >= 0.3 is 0 Å². The Kier molecular flexibility index (Phi) is 2.82. The number of benzene rings is 1. The predicted molar refractivity (Wildman–Crippen MR) is 58.4 cm³/mol. The molecule has 1 aromatic carbocycles. The van der Waals surface area contributed by atoms with Gasteiger partial charge in [0.25, 0.3) is 0 Å². The SMILES string of the molecule is Nc1ccc(F)cc1C(=O)c1ccncc1F. The molecule has 0 bridgehead atoms. The summed E-state index contributed by atoms with van der Waals surface area (Å²) in [6.07, 6.45) is 2.20. The Morgan fingerprint density at radius 1 is 1.18 bits per heavy atom. The van der Waals surface area contributed by atoms with Crippen LogP contribution in [0.1, 0.15) is 15.9 Å². The van der Waals surface area contributed by atoms with Gasteiger partial charge in [0.05, 0.1) is 11.8 Å². The summed E-state index contributed by atoms with van der Waals surface area (Å²) in [6.45, 7) is 0. The van der Waals surface area contributed by atoms with Gasteiger partial charge in [-0.3, -0.25) is 9.78 Å².